The van der Waals surface area contributed by atoms with Crippen LogP contribution in [0.1, 0.15) is 16.7 Å². The lowest BCUT2D eigenvalue weighted by Crippen LogP contribution is -1.95. The Morgan fingerprint density at radius 3 is 0.697 bits per heavy atom. The smallest absolute Gasteiger partial charge is 0.0464 e. The van der Waals surface area contributed by atoms with Crippen LogP contribution in [-0.2, 0) is 0 Å². The van der Waals surface area contributed by atoms with Gasteiger partial charge >= 0.3 is 0 Å². The summed E-state index contributed by atoms with van der Waals surface area (Å²) in [5.74, 6) is 0. The Morgan fingerprint density at radius 2 is 0.439 bits per heavy atom. The summed E-state index contributed by atoms with van der Waals surface area (Å²) >= 11 is 0. The minimum Gasteiger partial charge on any atom is -0.355 e. The SMILES string of the molecule is Cc1ccccc1-c1ccccc1Nc1ccc(-c2cc(-c3ccc(Nc4ccccc4-c4ccccc4C)cc3)cc(-c3ccc(Nc4ccccc4-c4ccccc4C)cc3)c2)cc1. The molecule has 0 bridgehead atoms. The van der Waals surface area contributed by atoms with Gasteiger partial charge < -0.3 is 16.0 Å². The van der Waals surface area contributed by atoms with Gasteiger partial charge in [0.25, 0.3) is 0 Å². The van der Waals surface area contributed by atoms with Gasteiger partial charge in [-0.15, -0.1) is 0 Å². The third kappa shape index (κ3) is 9.01. The maximum Gasteiger partial charge on any atom is 0.0464 e. The fourth-order valence-electron chi connectivity index (χ4n) is 8.94. The predicted octanol–water partition coefficient (Wildman–Crippen LogP) is 17.8. The monoisotopic (exact) mass is 849 g/mol. The summed E-state index contributed by atoms with van der Waals surface area (Å²) in [5.41, 5.74) is 24.2. The summed E-state index contributed by atoms with van der Waals surface area (Å²) < 4.78 is 0. The number of anilines is 6. The lowest BCUT2D eigenvalue weighted by atomic mass is 9.93. The zero-order valence-electron chi connectivity index (χ0n) is 37.5. The minimum atomic E-state index is 1.04. The van der Waals surface area contributed by atoms with Crippen molar-refractivity contribution >= 4 is 34.1 Å². The highest BCUT2D eigenvalue weighted by Gasteiger charge is 2.13. The van der Waals surface area contributed by atoms with E-state index in [0.717, 1.165) is 67.5 Å². The second-order valence-corrected chi connectivity index (χ2v) is 17.0. The van der Waals surface area contributed by atoms with Crippen LogP contribution in [0.5, 0.6) is 0 Å². The molecule has 0 saturated carbocycles. The van der Waals surface area contributed by atoms with Crippen molar-refractivity contribution in [3.63, 3.8) is 0 Å². The quantitative estimate of drug-likeness (QED) is 0.115. The molecular formula is C63H51N3. The van der Waals surface area contributed by atoms with Gasteiger partial charge in [0, 0.05) is 50.8 Å². The molecule has 10 aromatic rings. The van der Waals surface area contributed by atoms with Gasteiger partial charge in [-0.1, -0.05) is 164 Å². The summed E-state index contributed by atoms with van der Waals surface area (Å²) in [6.07, 6.45) is 0. The third-order valence-electron chi connectivity index (χ3n) is 12.5. The Bertz CT molecular complexity index is 2930. The number of nitrogens with one attached hydrogen (secondary N) is 3. The Kier molecular flexibility index (Phi) is 11.8. The molecule has 3 N–H and O–H groups in total. The molecule has 0 aliphatic carbocycles. The maximum absolute atomic E-state index is 3.72. The van der Waals surface area contributed by atoms with Crippen LogP contribution in [-0.4, -0.2) is 0 Å². The number of hydrogen-bond acceptors (Lipinski definition) is 3. The molecule has 0 aliphatic rings. The average Bonchev–Trinajstić information content (AvgIpc) is 3.36. The number of rotatable bonds is 12. The number of para-hydroxylation sites is 3. The van der Waals surface area contributed by atoms with Crippen molar-refractivity contribution in [3.05, 3.63) is 253 Å². The van der Waals surface area contributed by atoms with Crippen LogP contribution in [0.15, 0.2) is 237 Å². The van der Waals surface area contributed by atoms with E-state index < -0.39 is 0 Å². The normalized spacial score (nSPS) is 11.0. The summed E-state index contributed by atoms with van der Waals surface area (Å²) in [4.78, 5) is 0. The van der Waals surface area contributed by atoms with Crippen LogP contribution in [0.4, 0.5) is 34.1 Å². The van der Waals surface area contributed by atoms with E-state index in [1.807, 2.05) is 0 Å². The number of aryl methyl sites for hydroxylation is 3. The molecule has 10 aromatic carbocycles. The van der Waals surface area contributed by atoms with Crippen molar-refractivity contribution in [2.45, 2.75) is 20.8 Å². The van der Waals surface area contributed by atoms with Gasteiger partial charge in [-0.25, -0.2) is 0 Å². The highest BCUT2D eigenvalue weighted by molar-refractivity contribution is 5.87. The first-order valence-electron chi connectivity index (χ1n) is 22.7. The Hall–Kier alpha value is -8.40. The van der Waals surface area contributed by atoms with E-state index >= 15 is 0 Å². The molecule has 3 heteroatoms. The van der Waals surface area contributed by atoms with Crippen LogP contribution < -0.4 is 16.0 Å². The van der Waals surface area contributed by atoms with Crippen molar-refractivity contribution in [2.75, 3.05) is 16.0 Å². The van der Waals surface area contributed by atoms with Gasteiger partial charge in [0.1, 0.15) is 0 Å². The van der Waals surface area contributed by atoms with E-state index in [0.29, 0.717) is 0 Å². The Morgan fingerprint density at radius 1 is 0.212 bits per heavy atom. The second kappa shape index (κ2) is 18.8. The summed E-state index contributed by atoms with van der Waals surface area (Å²) in [6.45, 7) is 6.50. The van der Waals surface area contributed by atoms with Crippen molar-refractivity contribution in [1.29, 1.82) is 0 Å². The molecule has 0 saturated heterocycles. The van der Waals surface area contributed by atoms with Crippen LogP contribution in [0.2, 0.25) is 0 Å². The third-order valence-corrected chi connectivity index (χ3v) is 12.5. The first kappa shape index (κ1) is 41.6. The van der Waals surface area contributed by atoms with Gasteiger partial charge in [0.05, 0.1) is 0 Å². The van der Waals surface area contributed by atoms with Crippen molar-refractivity contribution in [3.8, 4) is 66.8 Å². The highest BCUT2D eigenvalue weighted by Crippen LogP contribution is 2.38. The first-order valence-corrected chi connectivity index (χ1v) is 22.7. The summed E-state index contributed by atoms with van der Waals surface area (Å²) in [6, 6.07) is 84.6. The fraction of sp³-hybridized carbons (Fsp3) is 0.0476. The van der Waals surface area contributed by atoms with Crippen molar-refractivity contribution in [2.24, 2.45) is 0 Å². The standard InChI is InChI=1S/C63H51N3/c1-43-16-4-7-19-55(43)58-22-10-13-25-61(58)64-52-34-28-46(29-35-52)49-40-50(47-30-36-53(37-31-47)65-62-26-14-11-23-59(62)56-20-8-5-17-44(56)2)42-51(41-49)48-32-38-54(39-33-48)66-63-27-15-12-24-60(63)57-21-9-6-18-45(57)3/h4-42,64-66H,1-3H3. The molecule has 0 spiro atoms. The summed E-state index contributed by atoms with van der Waals surface area (Å²) in [5, 5.41) is 11.1. The Labute approximate surface area is 389 Å². The average molecular weight is 850 g/mol. The van der Waals surface area contributed by atoms with E-state index in [2.05, 4.69) is 273 Å². The van der Waals surface area contributed by atoms with Gasteiger partial charge in [-0.3, -0.25) is 0 Å². The largest absolute Gasteiger partial charge is 0.355 e. The van der Waals surface area contributed by atoms with E-state index in [1.54, 1.807) is 0 Å². The van der Waals surface area contributed by atoms with Gasteiger partial charge in [0.2, 0.25) is 0 Å². The van der Waals surface area contributed by atoms with Crippen LogP contribution in [0, 0.1) is 20.8 Å². The molecule has 0 aromatic heterocycles. The molecule has 0 heterocycles. The maximum atomic E-state index is 3.72. The predicted molar refractivity (Wildman–Crippen MR) is 282 cm³/mol. The molecule has 0 aliphatic heterocycles. The zero-order valence-corrected chi connectivity index (χ0v) is 37.5. The van der Waals surface area contributed by atoms with Crippen molar-refractivity contribution in [1.82, 2.24) is 0 Å². The number of benzene rings is 10. The summed E-state index contributed by atoms with van der Waals surface area (Å²) in [7, 11) is 0. The molecule has 0 fully saturated rings. The van der Waals surface area contributed by atoms with Crippen LogP contribution >= 0.6 is 0 Å². The van der Waals surface area contributed by atoms with Gasteiger partial charge in [0.15, 0.2) is 0 Å². The lowest BCUT2D eigenvalue weighted by molar-refractivity contribution is 1.45. The van der Waals surface area contributed by atoms with E-state index in [-0.39, 0.29) is 0 Å². The van der Waals surface area contributed by atoms with Gasteiger partial charge in [-0.2, -0.15) is 0 Å². The molecule has 318 valence electrons. The topological polar surface area (TPSA) is 36.1 Å². The molecule has 66 heavy (non-hydrogen) atoms. The van der Waals surface area contributed by atoms with Crippen LogP contribution in [0.3, 0.4) is 0 Å². The molecule has 0 unspecified atom stereocenters. The molecule has 10 rings (SSSR count). The van der Waals surface area contributed by atoms with E-state index in [4.69, 9.17) is 0 Å². The molecule has 0 radical (unpaired) electrons. The van der Waals surface area contributed by atoms with E-state index in [9.17, 15) is 0 Å². The molecule has 3 nitrogen and oxygen atoms in total. The lowest BCUT2D eigenvalue weighted by Gasteiger charge is -2.16. The number of hydrogen-bond donors (Lipinski definition) is 3. The molecule has 0 amide bonds. The first-order chi connectivity index (χ1) is 32.4. The zero-order chi connectivity index (χ0) is 44.8. The van der Waals surface area contributed by atoms with E-state index in [1.165, 1.54) is 50.1 Å². The van der Waals surface area contributed by atoms with Crippen LogP contribution in [0.25, 0.3) is 66.8 Å². The van der Waals surface area contributed by atoms with Crippen molar-refractivity contribution < 1.29 is 0 Å². The molecule has 0 atom stereocenters. The highest BCUT2D eigenvalue weighted by atomic mass is 14.9. The fourth-order valence-corrected chi connectivity index (χ4v) is 8.94. The Balaban J connectivity index is 0.968. The molecular weight excluding hydrogens is 799 g/mol. The van der Waals surface area contributed by atoms with Gasteiger partial charge in [-0.05, 0) is 160 Å². The minimum absolute atomic E-state index is 1.04. The second-order valence-electron chi connectivity index (χ2n) is 17.0.